The summed E-state index contributed by atoms with van der Waals surface area (Å²) in [6, 6.07) is 3.88. The highest BCUT2D eigenvalue weighted by atomic mass is 16.4. The lowest BCUT2D eigenvalue weighted by Crippen LogP contribution is -2.60. The van der Waals surface area contributed by atoms with E-state index < -0.39 is 96.4 Å². The van der Waals surface area contributed by atoms with Gasteiger partial charge in [-0.2, -0.15) is 0 Å². The number of fused-ring (bicyclic) bond motifs is 2. The zero-order valence-corrected chi connectivity index (χ0v) is 37.9. The van der Waals surface area contributed by atoms with Crippen LogP contribution >= 0.6 is 0 Å². The molecule has 14 N–H and O–H groups in total. The van der Waals surface area contributed by atoms with Gasteiger partial charge in [0.25, 0.3) is 0 Å². The molecule has 21 nitrogen and oxygen atoms in total. The molecule has 1 aliphatic carbocycles. The molecule has 6 amide bonds. The lowest BCUT2D eigenvalue weighted by molar-refractivity contribution is -0.143. The summed E-state index contributed by atoms with van der Waals surface area (Å²) >= 11 is 0. The van der Waals surface area contributed by atoms with Gasteiger partial charge in [-0.15, -0.1) is 0 Å². The third-order valence-corrected chi connectivity index (χ3v) is 12.7. The number of guanidine groups is 1. The lowest BCUT2D eigenvalue weighted by atomic mass is 9.83. The normalized spacial score (nSPS) is 26.4. The Bertz CT molecular complexity index is 2370. The van der Waals surface area contributed by atoms with Crippen molar-refractivity contribution in [2.24, 2.45) is 22.4 Å². The fourth-order valence-electron chi connectivity index (χ4n) is 9.15. The first kappa shape index (κ1) is 47.9. The molecular formula is C47H65N11O10. The van der Waals surface area contributed by atoms with Crippen LogP contribution in [0.5, 0.6) is 0 Å². The van der Waals surface area contributed by atoms with Crippen LogP contribution in [0.4, 0.5) is 0 Å². The average Bonchev–Trinajstić information content (AvgIpc) is 3.91. The molecule has 3 aromatic rings. The van der Waals surface area contributed by atoms with Gasteiger partial charge in [0.1, 0.15) is 30.2 Å². The summed E-state index contributed by atoms with van der Waals surface area (Å²) in [6.07, 6.45) is 2.08. The average molecular weight is 946 g/mol. The Labute approximate surface area is 396 Å². The van der Waals surface area contributed by atoms with Crippen LogP contribution in [0.3, 0.4) is 0 Å². The predicted octanol–water partition coefficient (Wildman–Crippen LogP) is -1.20. The second-order valence-electron chi connectivity index (χ2n) is 17.9. The number of hydrogen-bond donors (Lipinski definition) is 12. The fourth-order valence-corrected chi connectivity index (χ4v) is 9.15. The third kappa shape index (κ3) is 14.5. The highest BCUT2D eigenvalue weighted by Gasteiger charge is 2.43. The number of hydrogen-bond acceptors (Lipinski definition) is 11. The van der Waals surface area contributed by atoms with Gasteiger partial charge in [-0.05, 0) is 87.3 Å². The van der Waals surface area contributed by atoms with E-state index in [4.69, 9.17) is 14.2 Å². The topological polar surface area (TPSA) is 336 Å². The Morgan fingerprint density at radius 1 is 0.868 bits per heavy atom. The zero-order valence-electron chi connectivity index (χ0n) is 39.9. The van der Waals surface area contributed by atoms with Crippen molar-refractivity contribution < 1.29 is 51.6 Å². The summed E-state index contributed by atoms with van der Waals surface area (Å²) in [7, 11) is 0. The van der Waals surface area contributed by atoms with Crippen molar-refractivity contribution in [2.75, 3.05) is 26.2 Å². The molecule has 3 fully saturated rings. The van der Waals surface area contributed by atoms with E-state index in [-0.39, 0.29) is 95.0 Å². The Hall–Kier alpha value is -6.58. The van der Waals surface area contributed by atoms with Crippen LogP contribution in [0, 0.1) is 5.92 Å². The Morgan fingerprint density at radius 2 is 1.57 bits per heavy atom. The van der Waals surface area contributed by atoms with E-state index in [1.54, 1.807) is 6.20 Å². The number of aliphatic hydroxyl groups excluding tert-OH is 2. The summed E-state index contributed by atoms with van der Waals surface area (Å²) < 4.78 is 16.1. The van der Waals surface area contributed by atoms with E-state index in [9.17, 15) is 48.9 Å². The third-order valence-electron chi connectivity index (χ3n) is 12.7. The molecule has 7 atom stereocenters. The molecule has 21 heteroatoms. The summed E-state index contributed by atoms with van der Waals surface area (Å²) in [5.74, 6) is -5.91. The van der Waals surface area contributed by atoms with Gasteiger partial charge in [-0.3, -0.25) is 43.9 Å². The number of aromatic amines is 1. The van der Waals surface area contributed by atoms with Crippen molar-refractivity contribution in [3.05, 3.63) is 71.9 Å². The van der Waals surface area contributed by atoms with Crippen LogP contribution in [-0.4, -0.2) is 147 Å². The minimum atomic E-state index is -1.39. The van der Waals surface area contributed by atoms with Crippen molar-refractivity contribution in [1.82, 2.24) is 41.8 Å². The van der Waals surface area contributed by atoms with E-state index >= 15 is 0 Å². The van der Waals surface area contributed by atoms with Gasteiger partial charge in [-0.1, -0.05) is 48.5 Å². The number of carboxylic acids is 1. The molecule has 6 rings (SSSR count). The van der Waals surface area contributed by atoms with E-state index in [1.165, 1.54) is 18.2 Å². The molecule has 2 aliphatic heterocycles. The number of carbonyl (C=O) groups excluding carboxylic acids is 6. The monoisotopic (exact) mass is 946 g/mol. The molecule has 0 spiro atoms. The number of carbonyl (C=O) groups is 7. The van der Waals surface area contributed by atoms with Crippen molar-refractivity contribution >= 4 is 58.3 Å². The standard InChI is InChI=1S/C47H65N11O10/c48-47(49)51-19-6-12-34-41(63)50-18-7-13-35(55-42(64)36(53-25-40(61)62)20-27-8-2-1-3-9-27)46(68)58-26-31(60)23-39(58)45(67)57-37(21-28-14-16-30(59)17-15-28)43(65)56-38(44(66)54-34)22-29-24-52-33-11-5-4-10-32(29)33/h1-5,8-11,24,28,30-31,34-39,52-53,59-60H,6-7,12-23,25-26H2,(H,50,63)(H,54,66)(H,55,64)(H,56,65)(H,57,67)(H,61,62)(H4,48,49,51)/t28?,30?,31-,34+,35+,36?,37-,38+,39+/m1/s1/i2D,3D. The van der Waals surface area contributed by atoms with Crippen molar-refractivity contribution in [3.8, 4) is 0 Å². The van der Waals surface area contributed by atoms with Gasteiger partial charge >= 0.3 is 5.97 Å². The van der Waals surface area contributed by atoms with E-state index in [2.05, 4.69) is 41.9 Å². The number of para-hydroxylation sites is 1. The largest absolute Gasteiger partial charge is 0.480 e. The van der Waals surface area contributed by atoms with Gasteiger partial charge in [0.05, 0.1) is 27.5 Å². The summed E-state index contributed by atoms with van der Waals surface area (Å²) in [5.41, 5.74) is 12.9. The maximum absolute atomic E-state index is 14.7. The lowest BCUT2D eigenvalue weighted by Gasteiger charge is -2.32. The first-order chi connectivity index (χ1) is 33.4. The Morgan fingerprint density at radius 3 is 2.31 bits per heavy atom. The molecule has 368 valence electrons. The molecule has 2 aromatic carbocycles. The number of nitrogens with one attached hydrogen (secondary N) is 7. The minimum Gasteiger partial charge on any atom is -0.480 e. The van der Waals surface area contributed by atoms with Gasteiger partial charge in [0.15, 0.2) is 5.96 Å². The summed E-state index contributed by atoms with van der Waals surface area (Å²) in [5, 5.41) is 48.2. The first-order valence-corrected chi connectivity index (χ1v) is 23.2. The van der Waals surface area contributed by atoms with E-state index in [1.807, 2.05) is 24.3 Å². The number of amides is 6. The van der Waals surface area contributed by atoms with Crippen LogP contribution < -0.4 is 43.4 Å². The first-order valence-electron chi connectivity index (χ1n) is 24.2. The molecule has 0 bridgehead atoms. The van der Waals surface area contributed by atoms with Crippen LogP contribution in [-0.2, 0) is 46.4 Å². The van der Waals surface area contributed by atoms with E-state index in [0.717, 1.165) is 15.8 Å². The molecule has 1 unspecified atom stereocenters. The number of benzene rings is 2. The zero-order chi connectivity index (χ0) is 50.5. The van der Waals surface area contributed by atoms with Gasteiger partial charge < -0.3 is 63.3 Å². The van der Waals surface area contributed by atoms with Crippen LogP contribution in [0.2, 0.25) is 0 Å². The Balaban J connectivity index is 1.34. The molecular weight excluding hydrogens is 879 g/mol. The number of nitrogens with two attached hydrogens (primary N) is 2. The molecule has 68 heavy (non-hydrogen) atoms. The second-order valence-corrected chi connectivity index (χ2v) is 17.9. The number of aliphatic carboxylic acids is 1. The molecule has 3 heterocycles. The van der Waals surface area contributed by atoms with Crippen molar-refractivity contribution in [3.63, 3.8) is 0 Å². The summed E-state index contributed by atoms with van der Waals surface area (Å²) in [4.78, 5) is 106. The van der Waals surface area contributed by atoms with Crippen LogP contribution in [0.1, 0.15) is 78.1 Å². The second kappa shape index (κ2) is 24.4. The van der Waals surface area contributed by atoms with Gasteiger partial charge in [0.2, 0.25) is 35.4 Å². The molecule has 0 radical (unpaired) electrons. The number of carboxylic acid groups (broad SMARTS) is 1. The van der Waals surface area contributed by atoms with Gasteiger partial charge in [-0.25, -0.2) is 0 Å². The predicted molar refractivity (Wildman–Crippen MR) is 250 cm³/mol. The van der Waals surface area contributed by atoms with E-state index in [0.29, 0.717) is 36.8 Å². The van der Waals surface area contributed by atoms with Crippen LogP contribution in [0.15, 0.2) is 65.7 Å². The highest BCUT2D eigenvalue weighted by molar-refractivity contribution is 5.97. The smallest absolute Gasteiger partial charge is 0.317 e. The maximum Gasteiger partial charge on any atom is 0.317 e. The molecule has 3 aliphatic rings. The highest BCUT2D eigenvalue weighted by Crippen LogP contribution is 2.29. The van der Waals surface area contributed by atoms with Crippen LogP contribution in [0.25, 0.3) is 10.9 Å². The number of nitrogens with zero attached hydrogens (tertiary/aromatic N) is 2. The maximum atomic E-state index is 14.7. The van der Waals surface area contributed by atoms with Crippen molar-refractivity contribution in [2.45, 2.75) is 126 Å². The molecule has 1 saturated carbocycles. The fraction of sp³-hybridized carbons (Fsp3) is 0.532. The summed E-state index contributed by atoms with van der Waals surface area (Å²) in [6.45, 7) is -0.895. The SMILES string of the molecule is [2H]c1cc([2H])cc(CC(NCC(=O)O)C(=O)N[C@H]2CCCNC(=O)[C@H](CCCN=C(N)N)NC(=O)[C@H](Cc3c[nH]c4ccccc34)NC(=O)[C@@H](CC3CCC(O)CC3)NC(=O)[C@@H]3C[C@@H](O)CN3C2=O)c1. The number of aromatic nitrogens is 1. The molecule has 1 aromatic heterocycles. The number of H-pyrrole nitrogens is 1. The number of aliphatic imine (C=N–C) groups is 1. The molecule has 2 saturated heterocycles. The van der Waals surface area contributed by atoms with Crippen molar-refractivity contribution in [1.29, 1.82) is 0 Å². The number of rotatable bonds is 15. The minimum absolute atomic E-state index is 0.00373. The van der Waals surface area contributed by atoms with Gasteiger partial charge in [0, 0.05) is 49.6 Å². The number of aliphatic hydroxyl groups is 2. The quantitative estimate of drug-likeness (QED) is 0.0485. The Kier molecular flexibility index (Phi) is 17.2.